The summed E-state index contributed by atoms with van der Waals surface area (Å²) >= 11 is 0. The van der Waals surface area contributed by atoms with Crippen LogP contribution in [0.2, 0.25) is 0 Å². The normalized spacial score (nSPS) is 9.73. The van der Waals surface area contributed by atoms with Crippen molar-refractivity contribution in [3.8, 4) is 11.8 Å². The summed E-state index contributed by atoms with van der Waals surface area (Å²) in [4.78, 5) is 0. The first kappa shape index (κ1) is 14.5. The number of hydrogen-bond donors (Lipinski definition) is 1. The maximum atomic E-state index is 5.42. The Morgan fingerprint density at radius 2 is 1.27 bits per heavy atom. The molecule has 0 aromatic carbocycles. The van der Waals surface area contributed by atoms with Gasteiger partial charge in [0.05, 0.1) is 0 Å². The van der Waals surface area contributed by atoms with Crippen molar-refractivity contribution < 1.29 is 0 Å². The molecular weight excluding hydrogens is 182 g/mol. The zero-order valence-electron chi connectivity index (χ0n) is 10.4. The molecule has 1 nitrogen and oxygen atoms in total. The molecule has 0 rings (SSSR count). The molecule has 0 saturated heterocycles. The topological polar surface area (TPSA) is 26.0 Å². The highest BCUT2D eigenvalue weighted by atomic mass is 14.5. The Hall–Kier alpha value is -0.480. The van der Waals surface area contributed by atoms with Gasteiger partial charge in [0.2, 0.25) is 0 Å². The second-order valence-corrected chi connectivity index (χ2v) is 4.12. The van der Waals surface area contributed by atoms with Crippen molar-refractivity contribution in [1.29, 1.82) is 0 Å². The van der Waals surface area contributed by atoms with E-state index in [2.05, 4.69) is 18.8 Å². The Kier molecular flexibility index (Phi) is 13.1. The van der Waals surface area contributed by atoms with Gasteiger partial charge in [-0.3, -0.25) is 0 Å². The Bertz CT molecular complexity index is 164. The summed E-state index contributed by atoms with van der Waals surface area (Å²) in [6, 6.07) is 0. The molecule has 2 N–H and O–H groups in total. The minimum atomic E-state index is 0.836. The standard InChI is InChI=1S/C14H27N/c1-2-3-4-5-6-7-8-9-10-11-12-13-14-15/h2-6,9-15H2,1H3. The van der Waals surface area contributed by atoms with Crippen molar-refractivity contribution in [2.45, 2.75) is 71.1 Å². The molecule has 0 aromatic rings. The van der Waals surface area contributed by atoms with Gasteiger partial charge < -0.3 is 5.73 Å². The summed E-state index contributed by atoms with van der Waals surface area (Å²) in [5, 5.41) is 0. The number of rotatable bonds is 9. The molecule has 0 radical (unpaired) electrons. The van der Waals surface area contributed by atoms with E-state index in [1.807, 2.05) is 0 Å². The maximum absolute atomic E-state index is 5.42. The zero-order chi connectivity index (χ0) is 11.2. The second kappa shape index (κ2) is 13.5. The third kappa shape index (κ3) is 13.5. The molecule has 1 heteroatoms. The third-order valence-electron chi connectivity index (χ3n) is 2.54. The average molecular weight is 209 g/mol. The quantitative estimate of drug-likeness (QED) is 0.453. The summed E-state index contributed by atoms with van der Waals surface area (Å²) < 4.78 is 0. The van der Waals surface area contributed by atoms with Crippen molar-refractivity contribution in [1.82, 2.24) is 0 Å². The van der Waals surface area contributed by atoms with Gasteiger partial charge in [0.1, 0.15) is 0 Å². The van der Waals surface area contributed by atoms with E-state index in [1.165, 1.54) is 51.4 Å². The third-order valence-corrected chi connectivity index (χ3v) is 2.54. The lowest BCUT2D eigenvalue weighted by Crippen LogP contribution is -1.97. The van der Waals surface area contributed by atoms with Crippen LogP contribution in [-0.4, -0.2) is 6.54 Å². The monoisotopic (exact) mass is 209 g/mol. The minimum absolute atomic E-state index is 0.836. The Morgan fingerprint density at radius 3 is 1.80 bits per heavy atom. The number of hydrogen-bond acceptors (Lipinski definition) is 1. The molecule has 0 spiro atoms. The lowest BCUT2D eigenvalue weighted by atomic mass is 10.1. The van der Waals surface area contributed by atoms with E-state index in [-0.39, 0.29) is 0 Å². The lowest BCUT2D eigenvalue weighted by molar-refractivity contribution is 0.656. The van der Waals surface area contributed by atoms with E-state index in [0.29, 0.717) is 0 Å². The van der Waals surface area contributed by atoms with Gasteiger partial charge in [-0.25, -0.2) is 0 Å². The van der Waals surface area contributed by atoms with E-state index in [1.54, 1.807) is 0 Å². The smallest absolute Gasteiger partial charge is 0.00886 e. The van der Waals surface area contributed by atoms with Gasteiger partial charge >= 0.3 is 0 Å². The van der Waals surface area contributed by atoms with Crippen LogP contribution in [0.4, 0.5) is 0 Å². The Labute approximate surface area is 95.8 Å². The molecule has 0 unspecified atom stereocenters. The van der Waals surface area contributed by atoms with E-state index >= 15 is 0 Å². The number of unbranched alkanes of at least 4 members (excludes halogenated alkanes) is 8. The van der Waals surface area contributed by atoms with Crippen molar-refractivity contribution >= 4 is 0 Å². The first-order valence-electron chi connectivity index (χ1n) is 6.57. The van der Waals surface area contributed by atoms with Crippen LogP contribution in [0, 0.1) is 11.8 Å². The fourth-order valence-corrected chi connectivity index (χ4v) is 1.53. The maximum Gasteiger partial charge on any atom is 0.00886 e. The summed E-state index contributed by atoms with van der Waals surface area (Å²) in [5.41, 5.74) is 5.42. The highest BCUT2D eigenvalue weighted by Crippen LogP contribution is 2.03. The van der Waals surface area contributed by atoms with Crippen molar-refractivity contribution in [2.75, 3.05) is 6.54 Å². The van der Waals surface area contributed by atoms with Gasteiger partial charge in [-0.05, 0) is 25.8 Å². The molecule has 0 saturated carbocycles. The first-order valence-corrected chi connectivity index (χ1v) is 6.57. The van der Waals surface area contributed by atoms with E-state index in [4.69, 9.17) is 5.73 Å². The van der Waals surface area contributed by atoms with Crippen molar-refractivity contribution in [3.63, 3.8) is 0 Å². The van der Waals surface area contributed by atoms with Crippen LogP contribution in [-0.2, 0) is 0 Å². The molecule has 15 heavy (non-hydrogen) atoms. The zero-order valence-corrected chi connectivity index (χ0v) is 10.4. The van der Waals surface area contributed by atoms with Crippen molar-refractivity contribution in [2.24, 2.45) is 5.73 Å². The van der Waals surface area contributed by atoms with Crippen LogP contribution >= 0.6 is 0 Å². The molecule has 0 atom stereocenters. The second-order valence-electron chi connectivity index (χ2n) is 4.12. The van der Waals surface area contributed by atoms with Gasteiger partial charge in [-0.15, -0.1) is 11.8 Å². The fourth-order valence-electron chi connectivity index (χ4n) is 1.53. The van der Waals surface area contributed by atoms with Crippen LogP contribution in [0.1, 0.15) is 71.1 Å². The molecule has 0 aliphatic heterocycles. The molecule has 0 aliphatic carbocycles. The predicted molar refractivity (Wildman–Crippen MR) is 68.7 cm³/mol. The minimum Gasteiger partial charge on any atom is -0.330 e. The Morgan fingerprint density at radius 1 is 0.733 bits per heavy atom. The van der Waals surface area contributed by atoms with Crippen LogP contribution < -0.4 is 5.73 Å². The molecule has 0 amide bonds. The Balaban J connectivity index is 3.03. The van der Waals surface area contributed by atoms with Gasteiger partial charge in [0.15, 0.2) is 0 Å². The van der Waals surface area contributed by atoms with Crippen LogP contribution in [0.3, 0.4) is 0 Å². The van der Waals surface area contributed by atoms with Crippen LogP contribution in [0.25, 0.3) is 0 Å². The van der Waals surface area contributed by atoms with Gasteiger partial charge in [0, 0.05) is 12.8 Å². The van der Waals surface area contributed by atoms with Gasteiger partial charge in [-0.1, -0.05) is 39.0 Å². The summed E-state index contributed by atoms with van der Waals surface area (Å²) in [7, 11) is 0. The van der Waals surface area contributed by atoms with E-state index < -0.39 is 0 Å². The number of nitrogens with two attached hydrogens (primary N) is 1. The van der Waals surface area contributed by atoms with Crippen molar-refractivity contribution in [3.05, 3.63) is 0 Å². The summed E-state index contributed by atoms with van der Waals surface area (Å²) in [5.74, 6) is 6.52. The molecular formula is C14H27N. The molecule has 0 bridgehead atoms. The molecule has 0 aromatic heterocycles. The lowest BCUT2D eigenvalue weighted by Gasteiger charge is -1.95. The van der Waals surface area contributed by atoms with Crippen LogP contribution in [0.15, 0.2) is 0 Å². The molecule has 0 fully saturated rings. The predicted octanol–water partition coefficient (Wildman–Crippen LogP) is 3.87. The van der Waals surface area contributed by atoms with Gasteiger partial charge in [-0.2, -0.15) is 0 Å². The summed E-state index contributed by atoms with van der Waals surface area (Å²) in [6.45, 7) is 3.08. The largest absolute Gasteiger partial charge is 0.330 e. The molecule has 0 heterocycles. The average Bonchev–Trinajstić information content (AvgIpc) is 2.26. The van der Waals surface area contributed by atoms with E-state index in [0.717, 1.165) is 19.4 Å². The summed E-state index contributed by atoms with van der Waals surface area (Å²) in [6.07, 6.45) is 12.5. The molecule has 0 aliphatic rings. The highest BCUT2D eigenvalue weighted by molar-refractivity contribution is 4.98. The van der Waals surface area contributed by atoms with Crippen LogP contribution in [0.5, 0.6) is 0 Å². The van der Waals surface area contributed by atoms with E-state index in [9.17, 15) is 0 Å². The molecule has 88 valence electrons. The van der Waals surface area contributed by atoms with Gasteiger partial charge in [0.25, 0.3) is 0 Å². The SMILES string of the molecule is CCCCCCC#CCCCCCCN. The fraction of sp³-hybridized carbons (Fsp3) is 0.857. The highest BCUT2D eigenvalue weighted by Gasteiger charge is 1.86. The first-order chi connectivity index (χ1) is 7.41.